The topological polar surface area (TPSA) is 67.9 Å². The number of amides is 3. The third-order valence-corrected chi connectivity index (χ3v) is 4.43. The molecule has 2 aliphatic heterocycles. The zero-order chi connectivity index (χ0) is 17.6. The predicted octanol–water partition coefficient (Wildman–Crippen LogP) is 3.39. The van der Waals surface area contributed by atoms with Crippen molar-refractivity contribution in [3.8, 4) is 11.5 Å². The number of fused-ring (bicyclic) bond motifs is 1. The molecule has 0 spiro atoms. The molecule has 0 saturated carbocycles. The van der Waals surface area contributed by atoms with E-state index in [2.05, 4.69) is 5.32 Å². The molecule has 2 aliphatic rings. The fourth-order valence-electron chi connectivity index (χ4n) is 2.90. The summed E-state index contributed by atoms with van der Waals surface area (Å²) in [6.45, 7) is 0.122. The molecule has 0 bridgehead atoms. The molecule has 1 saturated heterocycles. The first-order valence-corrected chi connectivity index (χ1v) is 8.26. The van der Waals surface area contributed by atoms with Gasteiger partial charge in [-0.05, 0) is 35.9 Å². The molecule has 8 heteroatoms. The number of nitrogens with one attached hydrogen (secondary N) is 1. The summed E-state index contributed by atoms with van der Waals surface area (Å²) in [6.07, 6.45) is 0.298. The number of hydrogen-bond donors (Lipinski definition) is 1. The molecule has 4 rings (SSSR count). The van der Waals surface area contributed by atoms with Gasteiger partial charge >= 0.3 is 6.03 Å². The molecule has 25 heavy (non-hydrogen) atoms. The minimum absolute atomic E-state index is 0.122. The highest BCUT2D eigenvalue weighted by molar-refractivity contribution is 6.34. The van der Waals surface area contributed by atoms with Gasteiger partial charge in [-0.15, -0.1) is 0 Å². The van der Waals surface area contributed by atoms with Crippen molar-refractivity contribution in [2.24, 2.45) is 0 Å². The van der Waals surface area contributed by atoms with E-state index in [4.69, 9.17) is 32.7 Å². The Hall–Kier alpha value is -2.44. The molecule has 1 fully saturated rings. The van der Waals surface area contributed by atoms with Crippen molar-refractivity contribution in [2.75, 3.05) is 11.7 Å². The fraction of sp³-hybridized carbons (Fsp3) is 0.176. The number of imide groups is 1. The van der Waals surface area contributed by atoms with Crippen LogP contribution in [0.2, 0.25) is 10.0 Å². The Morgan fingerprint density at radius 3 is 2.52 bits per heavy atom. The van der Waals surface area contributed by atoms with Crippen LogP contribution in [0.15, 0.2) is 36.4 Å². The second-order valence-corrected chi connectivity index (χ2v) is 6.57. The number of urea groups is 1. The lowest BCUT2D eigenvalue weighted by atomic mass is 10.1. The van der Waals surface area contributed by atoms with Gasteiger partial charge in [-0.25, -0.2) is 9.69 Å². The first kappa shape index (κ1) is 16.1. The summed E-state index contributed by atoms with van der Waals surface area (Å²) >= 11 is 12.0. The molecule has 2 aromatic carbocycles. The number of anilines is 1. The molecule has 6 nitrogen and oxygen atoms in total. The van der Waals surface area contributed by atoms with Crippen LogP contribution in [0.25, 0.3) is 0 Å². The Bertz CT molecular complexity index is 867. The lowest BCUT2D eigenvalue weighted by Crippen LogP contribution is -2.32. The summed E-state index contributed by atoms with van der Waals surface area (Å²) in [4.78, 5) is 26.1. The highest BCUT2D eigenvalue weighted by Crippen LogP contribution is 2.36. The van der Waals surface area contributed by atoms with E-state index in [9.17, 15) is 9.59 Å². The number of hydrogen-bond acceptors (Lipinski definition) is 4. The van der Waals surface area contributed by atoms with E-state index in [1.807, 2.05) is 0 Å². The molecule has 1 unspecified atom stereocenters. The zero-order valence-corrected chi connectivity index (χ0v) is 14.3. The largest absolute Gasteiger partial charge is 0.454 e. The van der Waals surface area contributed by atoms with Crippen molar-refractivity contribution in [2.45, 2.75) is 12.5 Å². The highest BCUT2D eigenvalue weighted by atomic mass is 35.5. The van der Waals surface area contributed by atoms with Gasteiger partial charge in [-0.2, -0.15) is 0 Å². The Morgan fingerprint density at radius 1 is 1.04 bits per heavy atom. The Balaban J connectivity index is 1.58. The van der Waals surface area contributed by atoms with Gasteiger partial charge < -0.3 is 14.8 Å². The van der Waals surface area contributed by atoms with Crippen LogP contribution in [0, 0.1) is 0 Å². The van der Waals surface area contributed by atoms with Crippen LogP contribution < -0.4 is 19.7 Å². The molecule has 128 valence electrons. The number of nitrogens with zero attached hydrogens (tertiary/aromatic N) is 1. The predicted molar refractivity (Wildman–Crippen MR) is 92.5 cm³/mol. The van der Waals surface area contributed by atoms with Crippen LogP contribution in [-0.4, -0.2) is 24.8 Å². The first-order valence-electron chi connectivity index (χ1n) is 7.50. The van der Waals surface area contributed by atoms with E-state index < -0.39 is 12.1 Å². The SMILES string of the molecule is O=C1NC(Cc2cc(Cl)cc(Cl)c2)C(=O)N1c1ccc2c(c1)OCO2. The summed E-state index contributed by atoms with van der Waals surface area (Å²) in [5, 5.41) is 3.64. The van der Waals surface area contributed by atoms with E-state index in [1.54, 1.807) is 36.4 Å². The van der Waals surface area contributed by atoms with Gasteiger partial charge in [0, 0.05) is 22.5 Å². The summed E-state index contributed by atoms with van der Waals surface area (Å²) in [5.41, 5.74) is 1.20. The van der Waals surface area contributed by atoms with Crippen molar-refractivity contribution in [3.63, 3.8) is 0 Å². The number of carbonyl (C=O) groups excluding carboxylic acids is 2. The number of ether oxygens (including phenoxy) is 2. The summed E-state index contributed by atoms with van der Waals surface area (Å²) < 4.78 is 10.5. The molecule has 2 aromatic rings. The van der Waals surface area contributed by atoms with Gasteiger partial charge in [0.1, 0.15) is 6.04 Å². The van der Waals surface area contributed by atoms with Crippen LogP contribution in [0.1, 0.15) is 5.56 Å². The maximum absolute atomic E-state index is 12.7. The molecular weight excluding hydrogens is 367 g/mol. The van der Waals surface area contributed by atoms with Crippen LogP contribution in [0.4, 0.5) is 10.5 Å². The van der Waals surface area contributed by atoms with Gasteiger partial charge in [0.2, 0.25) is 6.79 Å². The molecule has 1 atom stereocenters. The molecular formula is C17H12Cl2N2O4. The molecule has 0 aromatic heterocycles. The third kappa shape index (κ3) is 2.99. The second kappa shape index (κ2) is 6.13. The van der Waals surface area contributed by atoms with Crippen LogP contribution >= 0.6 is 23.2 Å². The first-order chi connectivity index (χ1) is 12.0. The van der Waals surface area contributed by atoms with Gasteiger partial charge in [-0.1, -0.05) is 23.2 Å². The molecule has 0 radical (unpaired) electrons. The van der Waals surface area contributed by atoms with Crippen molar-refractivity contribution >= 4 is 40.8 Å². The Labute approximate surface area is 153 Å². The monoisotopic (exact) mass is 378 g/mol. The number of carbonyl (C=O) groups is 2. The normalized spacial score (nSPS) is 18.6. The molecule has 0 aliphatic carbocycles. The van der Waals surface area contributed by atoms with Gasteiger partial charge in [0.15, 0.2) is 11.5 Å². The summed E-state index contributed by atoms with van der Waals surface area (Å²) in [6, 6.07) is 8.80. The van der Waals surface area contributed by atoms with Gasteiger partial charge in [0.25, 0.3) is 5.91 Å². The zero-order valence-electron chi connectivity index (χ0n) is 12.8. The van der Waals surface area contributed by atoms with E-state index in [-0.39, 0.29) is 12.7 Å². The number of halogens is 2. The van der Waals surface area contributed by atoms with Crippen molar-refractivity contribution in [3.05, 3.63) is 52.0 Å². The average molecular weight is 379 g/mol. The molecule has 1 N–H and O–H groups in total. The fourth-order valence-corrected chi connectivity index (χ4v) is 3.47. The Kier molecular flexibility index (Phi) is 3.94. The quantitative estimate of drug-likeness (QED) is 0.831. The van der Waals surface area contributed by atoms with E-state index in [0.717, 1.165) is 10.5 Å². The van der Waals surface area contributed by atoms with Crippen LogP contribution in [0.3, 0.4) is 0 Å². The highest BCUT2D eigenvalue weighted by Gasteiger charge is 2.39. The minimum Gasteiger partial charge on any atom is -0.454 e. The van der Waals surface area contributed by atoms with Crippen molar-refractivity contribution < 1.29 is 19.1 Å². The van der Waals surface area contributed by atoms with Gasteiger partial charge in [0.05, 0.1) is 5.69 Å². The molecule has 2 heterocycles. The molecule has 3 amide bonds. The maximum atomic E-state index is 12.7. The van der Waals surface area contributed by atoms with Gasteiger partial charge in [-0.3, -0.25) is 4.79 Å². The van der Waals surface area contributed by atoms with Crippen LogP contribution in [-0.2, 0) is 11.2 Å². The number of rotatable bonds is 3. The number of benzene rings is 2. The standard InChI is InChI=1S/C17H12Cl2N2O4/c18-10-3-9(4-11(19)6-10)5-13-16(22)21(17(23)20-13)12-1-2-14-15(7-12)25-8-24-14/h1-4,6-7,13H,5,8H2,(H,20,23). The van der Waals surface area contributed by atoms with E-state index in [1.165, 1.54) is 0 Å². The second-order valence-electron chi connectivity index (χ2n) is 5.70. The van der Waals surface area contributed by atoms with Crippen molar-refractivity contribution in [1.82, 2.24) is 5.32 Å². The average Bonchev–Trinajstić information content (AvgIpc) is 3.10. The summed E-state index contributed by atoms with van der Waals surface area (Å²) in [5.74, 6) is 0.740. The maximum Gasteiger partial charge on any atom is 0.329 e. The summed E-state index contributed by atoms with van der Waals surface area (Å²) in [7, 11) is 0. The third-order valence-electron chi connectivity index (χ3n) is 4.00. The van der Waals surface area contributed by atoms with Crippen LogP contribution in [0.5, 0.6) is 11.5 Å². The Morgan fingerprint density at radius 2 is 1.76 bits per heavy atom. The van der Waals surface area contributed by atoms with Crippen molar-refractivity contribution in [1.29, 1.82) is 0 Å². The smallest absolute Gasteiger partial charge is 0.329 e. The minimum atomic E-state index is -0.688. The van der Waals surface area contributed by atoms with E-state index >= 15 is 0 Å². The lowest BCUT2D eigenvalue weighted by molar-refractivity contribution is -0.118. The van der Waals surface area contributed by atoms with E-state index in [0.29, 0.717) is 33.7 Å². The lowest BCUT2D eigenvalue weighted by Gasteiger charge is -2.13.